The molecule has 1 heterocycles. The fourth-order valence-electron chi connectivity index (χ4n) is 2.29. The highest BCUT2D eigenvalue weighted by molar-refractivity contribution is 6.02. The third-order valence-electron chi connectivity index (χ3n) is 3.48. The van der Waals surface area contributed by atoms with Crippen LogP contribution < -0.4 is 5.43 Å². The summed E-state index contributed by atoms with van der Waals surface area (Å²) < 4.78 is 14.2. The Morgan fingerprint density at radius 2 is 1.86 bits per heavy atom. The van der Waals surface area contributed by atoms with Crippen molar-refractivity contribution in [1.82, 2.24) is 5.43 Å². The summed E-state index contributed by atoms with van der Waals surface area (Å²) in [6.45, 7) is 0. The molecule has 0 atom stereocenters. The number of benzene rings is 2. The zero-order valence-corrected chi connectivity index (χ0v) is 11.9. The number of rotatable bonds is 3. The minimum atomic E-state index is -0.257. The van der Waals surface area contributed by atoms with Crippen molar-refractivity contribution in [3.8, 4) is 11.1 Å². The summed E-state index contributed by atoms with van der Waals surface area (Å²) in [5, 5.41) is 3.95. The topological polar surface area (TPSA) is 41.5 Å². The molecule has 3 nitrogen and oxygen atoms in total. The second kappa shape index (κ2) is 6.35. The molecule has 0 saturated carbocycles. The van der Waals surface area contributed by atoms with Gasteiger partial charge in [0, 0.05) is 18.4 Å². The standard InChI is InChI=1S/C18H15FN2O/c19-17-12-13(6-8-15-9-11-18(22)21-20-15)7-10-16(17)14-4-2-1-3-5-14/h1-8,10,12H,9,11H2,(H,21,22)/b8-6+. The van der Waals surface area contributed by atoms with Crippen molar-refractivity contribution < 1.29 is 9.18 Å². The van der Waals surface area contributed by atoms with Crippen molar-refractivity contribution in [2.45, 2.75) is 12.8 Å². The highest BCUT2D eigenvalue weighted by Crippen LogP contribution is 2.23. The van der Waals surface area contributed by atoms with Gasteiger partial charge in [-0.2, -0.15) is 5.10 Å². The summed E-state index contributed by atoms with van der Waals surface area (Å²) >= 11 is 0. The van der Waals surface area contributed by atoms with Gasteiger partial charge in [-0.15, -0.1) is 0 Å². The van der Waals surface area contributed by atoms with Crippen LogP contribution in [0.3, 0.4) is 0 Å². The molecule has 1 aliphatic rings. The van der Waals surface area contributed by atoms with Crippen LogP contribution in [0, 0.1) is 5.82 Å². The molecule has 0 fully saturated rings. The largest absolute Gasteiger partial charge is 0.273 e. The second-order valence-corrected chi connectivity index (χ2v) is 5.08. The normalized spacial score (nSPS) is 14.8. The van der Waals surface area contributed by atoms with Gasteiger partial charge >= 0.3 is 0 Å². The van der Waals surface area contributed by atoms with Gasteiger partial charge in [-0.3, -0.25) is 4.79 Å². The molecule has 2 aromatic carbocycles. The van der Waals surface area contributed by atoms with Gasteiger partial charge in [0.1, 0.15) is 5.82 Å². The molecule has 0 unspecified atom stereocenters. The third-order valence-corrected chi connectivity index (χ3v) is 3.48. The quantitative estimate of drug-likeness (QED) is 0.919. The lowest BCUT2D eigenvalue weighted by molar-refractivity contribution is -0.121. The summed E-state index contributed by atoms with van der Waals surface area (Å²) in [5.41, 5.74) is 5.42. The molecule has 4 heteroatoms. The minimum absolute atomic E-state index is 0.0737. The van der Waals surface area contributed by atoms with Crippen LogP contribution in [0.1, 0.15) is 18.4 Å². The Kier molecular flexibility index (Phi) is 4.10. The van der Waals surface area contributed by atoms with Gasteiger partial charge in [0.05, 0.1) is 5.71 Å². The molecule has 0 saturated heterocycles. The van der Waals surface area contributed by atoms with Crippen LogP contribution in [0.15, 0.2) is 59.7 Å². The fourth-order valence-corrected chi connectivity index (χ4v) is 2.29. The number of hydrogen-bond acceptors (Lipinski definition) is 2. The number of hydrogen-bond donors (Lipinski definition) is 1. The second-order valence-electron chi connectivity index (χ2n) is 5.08. The fraction of sp³-hybridized carbons (Fsp3) is 0.111. The lowest BCUT2D eigenvalue weighted by Gasteiger charge is -2.08. The average Bonchev–Trinajstić information content (AvgIpc) is 2.55. The predicted molar refractivity (Wildman–Crippen MR) is 85.7 cm³/mol. The van der Waals surface area contributed by atoms with Gasteiger partial charge in [0.15, 0.2) is 0 Å². The molecule has 3 rings (SSSR count). The van der Waals surface area contributed by atoms with Crippen molar-refractivity contribution in [2.24, 2.45) is 5.10 Å². The molecule has 2 aromatic rings. The smallest absolute Gasteiger partial charge is 0.240 e. The van der Waals surface area contributed by atoms with Crippen molar-refractivity contribution in [1.29, 1.82) is 0 Å². The first kappa shape index (κ1) is 14.2. The van der Waals surface area contributed by atoms with Gasteiger partial charge in [-0.05, 0) is 23.3 Å². The number of amides is 1. The highest BCUT2D eigenvalue weighted by atomic mass is 19.1. The number of carbonyl (C=O) groups is 1. The van der Waals surface area contributed by atoms with E-state index in [0.29, 0.717) is 18.4 Å². The molecular weight excluding hydrogens is 279 g/mol. The van der Waals surface area contributed by atoms with E-state index in [1.165, 1.54) is 6.07 Å². The molecule has 1 amide bonds. The van der Waals surface area contributed by atoms with E-state index in [1.54, 1.807) is 18.2 Å². The van der Waals surface area contributed by atoms with Crippen molar-refractivity contribution in [3.63, 3.8) is 0 Å². The molecule has 22 heavy (non-hydrogen) atoms. The maximum atomic E-state index is 14.2. The lowest BCUT2D eigenvalue weighted by Crippen LogP contribution is -2.24. The maximum Gasteiger partial charge on any atom is 0.240 e. The molecule has 0 spiro atoms. The molecular formula is C18H15FN2O. The SMILES string of the molecule is O=C1CCC(/C=C/c2ccc(-c3ccccc3)c(F)c2)=NN1. The van der Waals surface area contributed by atoms with Crippen LogP contribution in [0.5, 0.6) is 0 Å². The zero-order chi connectivity index (χ0) is 15.4. The Morgan fingerprint density at radius 3 is 2.55 bits per heavy atom. The van der Waals surface area contributed by atoms with Gasteiger partial charge < -0.3 is 0 Å². The van der Waals surface area contributed by atoms with E-state index in [0.717, 1.165) is 16.8 Å². The first-order valence-corrected chi connectivity index (χ1v) is 7.11. The van der Waals surface area contributed by atoms with E-state index in [-0.39, 0.29) is 11.7 Å². The summed E-state index contributed by atoms with van der Waals surface area (Å²) in [6, 6.07) is 14.6. The van der Waals surface area contributed by atoms with E-state index in [2.05, 4.69) is 10.5 Å². The zero-order valence-electron chi connectivity index (χ0n) is 11.9. The van der Waals surface area contributed by atoms with Crippen molar-refractivity contribution in [3.05, 3.63) is 66.0 Å². The Balaban J connectivity index is 1.79. The summed E-state index contributed by atoms with van der Waals surface area (Å²) in [5.74, 6) is -0.331. The number of nitrogens with zero attached hydrogens (tertiary/aromatic N) is 1. The summed E-state index contributed by atoms with van der Waals surface area (Å²) in [4.78, 5) is 11.0. The molecule has 0 bridgehead atoms. The van der Waals surface area contributed by atoms with Crippen LogP contribution in [-0.4, -0.2) is 11.6 Å². The van der Waals surface area contributed by atoms with Crippen LogP contribution in [0.4, 0.5) is 4.39 Å². The van der Waals surface area contributed by atoms with Gasteiger partial charge in [-0.1, -0.05) is 48.5 Å². The van der Waals surface area contributed by atoms with Gasteiger partial charge in [0.25, 0.3) is 0 Å². The summed E-state index contributed by atoms with van der Waals surface area (Å²) in [7, 11) is 0. The maximum absolute atomic E-state index is 14.2. The molecule has 110 valence electrons. The third kappa shape index (κ3) is 3.28. The van der Waals surface area contributed by atoms with Crippen LogP contribution >= 0.6 is 0 Å². The van der Waals surface area contributed by atoms with Crippen LogP contribution in [0.2, 0.25) is 0 Å². The number of allylic oxidation sites excluding steroid dienone is 1. The molecule has 0 aromatic heterocycles. The number of carbonyl (C=O) groups excluding carboxylic acids is 1. The Hall–Kier alpha value is -2.75. The average molecular weight is 294 g/mol. The molecule has 1 N–H and O–H groups in total. The van der Waals surface area contributed by atoms with Gasteiger partial charge in [0.2, 0.25) is 5.91 Å². The predicted octanol–water partition coefficient (Wildman–Crippen LogP) is 3.77. The molecule has 0 aliphatic carbocycles. The van der Waals surface area contributed by atoms with Crippen molar-refractivity contribution >= 4 is 17.7 Å². The van der Waals surface area contributed by atoms with Crippen molar-refractivity contribution in [2.75, 3.05) is 0 Å². The molecule has 1 aliphatic heterocycles. The number of hydrazone groups is 1. The first-order valence-electron chi connectivity index (χ1n) is 7.11. The minimum Gasteiger partial charge on any atom is -0.273 e. The first-order chi connectivity index (χ1) is 10.7. The molecule has 0 radical (unpaired) electrons. The number of nitrogens with one attached hydrogen (secondary N) is 1. The van der Waals surface area contributed by atoms with E-state index in [1.807, 2.05) is 36.4 Å². The van der Waals surface area contributed by atoms with E-state index in [4.69, 9.17) is 0 Å². The van der Waals surface area contributed by atoms with Crippen LogP contribution in [-0.2, 0) is 4.79 Å². The lowest BCUT2D eigenvalue weighted by atomic mass is 10.0. The number of halogens is 1. The van der Waals surface area contributed by atoms with E-state index >= 15 is 0 Å². The Labute approximate surface area is 128 Å². The highest BCUT2D eigenvalue weighted by Gasteiger charge is 2.09. The monoisotopic (exact) mass is 294 g/mol. The van der Waals surface area contributed by atoms with E-state index in [9.17, 15) is 9.18 Å². The van der Waals surface area contributed by atoms with Crippen LogP contribution in [0.25, 0.3) is 17.2 Å². The Morgan fingerprint density at radius 1 is 1.05 bits per heavy atom. The Bertz CT molecular complexity index is 751. The summed E-state index contributed by atoms with van der Waals surface area (Å²) in [6.07, 6.45) is 4.64. The van der Waals surface area contributed by atoms with E-state index < -0.39 is 0 Å². The van der Waals surface area contributed by atoms with Gasteiger partial charge in [-0.25, -0.2) is 9.82 Å².